The highest BCUT2D eigenvalue weighted by atomic mass is 15.2. The molecule has 1 fully saturated rings. The van der Waals surface area contributed by atoms with E-state index in [1.165, 1.54) is 12.8 Å². The number of aromatic nitrogens is 2. The third kappa shape index (κ3) is 3.92. The van der Waals surface area contributed by atoms with Gasteiger partial charge in [-0.2, -0.15) is 0 Å². The Bertz CT molecular complexity index is 405. The van der Waals surface area contributed by atoms with Crippen LogP contribution in [0.15, 0.2) is 25.0 Å². The Morgan fingerprint density at radius 1 is 1.53 bits per heavy atom. The van der Waals surface area contributed by atoms with Gasteiger partial charge in [-0.25, -0.2) is 9.97 Å². The zero-order valence-electron chi connectivity index (χ0n) is 11.6. The fourth-order valence-corrected chi connectivity index (χ4v) is 2.52. The highest BCUT2D eigenvalue weighted by molar-refractivity contribution is 5.48. The van der Waals surface area contributed by atoms with Crippen molar-refractivity contribution < 1.29 is 0 Å². The fourth-order valence-electron chi connectivity index (χ4n) is 2.52. The lowest BCUT2D eigenvalue weighted by molar-refractivity contribution is 0.401. The Morgan fingerprint density at radius 3 is 3.21 bits per heavy atom. The SMILES string of the molecule is C=CCNc1cc(N2CCCC(CNC)C2)ncn1. The van der Waals surface area contributed by atoms with Gasteiger partial charge in [-0.05, 0) is 32.4 Å². The molecule has 104 valence electrons. The van der Waals surface area contributed by atoms with Crippen molar-refractivity contribution in [3.63, 3.8) is 0 Å². The zero-order chi connectivity index (χ0) is 13.5. The van der Waals surface area contributed by atoms with E-state index in [1.807, 2.05) is 19.2 Å². The molecule has 2 rings (SSSR count). The van der Waals surface area contributed by atoms with Gasteiger partial charge in [0.1, 0.15) is 18.0 Å². The van der Waals surface area contributed by atoms with Gasteiger partial charge in [-0.1, -0.05) is 6.08 Å². The lowest BCUT2D eigenvalue weighted by atomic mass is 9.98. The molecule has 2 heterocycles. The molecular formula is C14H23N5. The normalized spacial score (nSPS) is 19.2. The van der Waals surface area contributed by atoms with Crippen molar-refractivity contribution in [3.05, 3.63) is 25.0 Å². The van der Waals surface area contributed by atoms with Crippen molar-refractivity contribution in [1.82, 2.24) is 15.3 Å². The van der Waals surface area contributed by atoms with Crippen LogP contribution in [0.3, 0.4) is 0 Å². The summed E-state index contributed by atoms with van der Waals surface area (Å²) in [5.74, 6) is 2.58. The minimum absolute atomic E-state index is 0.707. The van der Waals surface area contributed by atoms with E-state index in [0.29, 0.717) is 5.92 Å². The molecule has 0 aromatic carbocycles. The number of rotatable bonds is 6. The van der Waals surface area contributed by atoms with Crippen LogP contribution >= 0.6 is 0 Å². The molecular weight excluding hydrogens is 238 g/mol. The van der Waals surface area contributed by atoms with Gasteiger partial charge in [-0.15, -0.1) is 6.58 Å². The van der Waals surface area contributed by atoms with Crippen LogP contribution in [0.1, 0.15) is 12.8 Å². The van der Waals surface area contributed by atoms with Crippen LogP contribution in [0.4, 0.5) is 11.6 Å². The van der Waals surface area contributed by atoms with Gasteiger partial charge in [0.05, 0.1) is 0 Å². The first kappa shape index (κ1) is 13.8. The summed E-state index contributed by atoms with van der Waals surface area (Å²) >= 11 is 0. The molecule has 1 aromatic rings. The number of hydrogen-bond acceptors (Lipinski definition) is 5. The molecule has 1 aromatic heterocycles. The van der Waals surface area contributed by atoms with E-state index in [2.05, 4.69) is 32.1 Å². The molecule has 0 bridgehead atoms. The first-order valence-corrected chi connectivity index (χ1v) is 6.90. The Labute approximate surface area is 115 Å². The smallest absolute Gasteiger partial charge is 0.134 e. The summed E-state index contributed by atoms with van der Waals surface area (Å²) in [7, 11) is 2.01. The van der Waals surface area contributed by atoms with E-state index < -0.39 is 0 Å². The average Bonchev–Trinajstić information content (AvgIpc) is 2.46. The third-order valence-electron chi connectivity index (χ3n) is 3.42. The summed E-state index contributed by atoms with van der Waals surface area (Å²) in [5.41, 5.74) is 0. The fraction of sp³-hybridized carbons (Fsp3) is 0.571. The highest BCUT2D eigenvalue weighted by Gasteiger charge is 2.20. The van der Waals surface area contributed by atoms with Crippen molar-refractivity contribution in [2.75, 3.05) is 43.4 Å². The van der Waals surface area contributed by atoms with E-state index in [1.54, 1.807) is 6.33 Å². The quantitative estimate of drug-likeness (QED) is 0.760. The minimum atomic E-state index is 0.707. The van der Waals surface area contributed by atoms with Crippen LogP contribution in [-0.2, 0) is 0 Å². The summed E-state index contributed by atoms with van der Waals surface area (Å²) in [6, 6.07) is 2.02. The van der Waals surface area contributed by atoms with Crippen molar-refractivity contribution >= 4 is 11.6 Å². The second-order valence-corrected chi connectivity index (χ2v) is 4.94. The van der Waals surface area contributed by atoms with Gasteiger partial charge in [0, 0.05) is 25.7 Å². The maximum absolute atomic E-state index is 4.39. The number of hydrogen-bond donors (Lipinski definition) is 2. The predicted molar refractivity (Wildman–Crippen MR) is 79.6 cm³/mol. The topological polar surface area (TPSA) is 53.1 Å². The second-order valence-electron chi connectivity index (χ2n) is 4.94. The van der Waals surface area contributed by atoms with Crippen LogP contribution in [0.2, 0.25) is 0 Å². The lowest BCUT2D eigenvalue weighted by Gasteiger charge is -2.33. The Kier molecular flexibility index (Phi) is 5.15. The van der Waals surface area contributed by atoms with Gasteiger partial charge in [-0.3, -0.25) is 0 Å². The maximum atomic E-state index is 4.39. The van der Waals surface area contributed by atoms with E-state index in [9.17, 15) is 0 Å². The average molecular weight is 261 g/mol. The summed E-state index contributed by atoms with van der Waals surface area (Å²) in [6.07, 6.45) is 5.98. The van der Waals surface area contributed by atoms with E-state index in [4.69, 9.17) is 0 Å². The van der Waals surface area contributed by atoms with Crippen LogP contribution in [0.25, 0.3) is 0 Å². The van der Waals surface area contributed by atoms with Gasteiger partial charge < -0.3 is 15.5 Å². The van der Waals surface area contributed by atoms with Gasteiger partial charge in [0.15, 0.2) is 0 Å². The summed E-state index contributed by atoms with van der Waals surface area (Å²) in [4.78, 5) is 11.0. The van der Waals surface area contributed by atoms with Crippen molar-refractivity contribution in [2.24, 2.45) is 5.92 Å². The van der Waals surface area contributed by atoms with E-state index >= 15 is 0 Å². The molecule has 0 radical (unpaired) electrons. The summed E-state index contributed by atoms with van der Waals surface area (Å²) in [6.45, 7) is 7.64. The molecule has 0 spiro atoms. The first-order valence-electron chi connectivity index (χ1n) is 6.90. The second kappa shape index (κ2) is 7.09. The Morgan fingerprint density at radius 2 is 2.42 bits per heavy atom. The summed E-state index contributed by atoms with van der Waals surface area (Å²) < 4.78 is 0. The predicted octanol–water partition coefficient (Wildman–Crippen LogP) is 1.51. The zero-order valence-corrected chi connectivity index (χ0v) is 11.6. The third-order valence-corrected chi connectivity index (χ3v) is 3.42. The van der Waals surface area contributed by atoms with Gasteiger partial charge in [0.2, 0.25) is 0 Å². The van der Waals surface area contributed by atoms with Gasteiger partial charge in [0.25, 0.3) is 0 Å². The monoisotopic (exact) mass is 261 g/mol. The van der Waals surface area contributed by atoms with E-state index in [0.717, 1.165) is 37.8 Å². The number of anilines is 2. The molecule has 5 heteroatoms. The lowest BCUT2D eigenvalue weighted by Crippen LogP contribution is -2.39. The molecule has 1 saturated heterocycles. The Balaban J connectivity index is 2.01. The number of piperidine rings is 1. The first-order chi connectivity index (χ1) is 9.33. The number of nitrogens with zero attached hydrogens (tertiary/aromatic N) is 3. The molecule has 2 N–H and O–H groups in total. The molecule has 19 heavy (non-hydrogen) atoms. The molecule has 1 unspecified atom stereocenters. The van der Waals surface area contributed by atoms with E-state index in [-0.39, 0.29) is 0 Å². The van der Waals surface area contributed by atoms with Crippen molar-refractivity contribution in [1.29, 1.82) is 0 Å². The van der Waals surface area contributed by atoms with Crippen LogP contribution in [0.5, 0.6) is 0 Å². The molecule has 0 amide bonds. The maximum Gasteiger partial charge on any atom is 0.134 e. The molecule has 1 aliphatic rings. The Hall–Kier alpha value is -1.62. The number of nitrogens with one attached hydrogen (secondary N) is 2. The van der Waals surface area contributed by atoms with Gasteiger partial charge >= 0.3 is 0 Å². The summed E-state index contributed by atoms with van der Waals surface area (Å²) in [5, 5.41) is 6.47. The standard InChI is InChI=1S/C14H23N5/c1-3-6-16-13-8-14(18-11-17-13)19-7-4-5-12(10-19)9-15-2/h3,8,11-12,15H,1,4-7,9-10H2,2H3,(H,16,17,18). The molecule has 1 atom stereocenters. The van der Waals surface area contributed by atoms with Crippen molar-refractivity contribution in [3.8, 4) is 0 Å². The highest BCUT2D eigenvalue weighted by Crippen LogP contribution is 2.22. The van der Waals surface area contributed by atoms with Crippen LogP contribution < -0.4 is 15.5 Å². The van der Waals surface area contributed by atoms with Crippen molar-refractivity contribution in [2.45, 2.75) is 12.8 Å². The van der Waals surface area contributed by atoms with Crippen LogP contribution in [-0.4, -0.2) is 43.2 Å². The molecule has 5 nitrogen and oxygen atoms in total. The molecule has 1 aliphatic heterocycles. The molecule has 0 saturated carbocycles. The molecule has 0 aliphatic carbocycles. The van der Waals surface area contributed by atoms with Crippen LogP contribution in [0, 0.1) is 5.92 Å². The minimum Gasteiger partial charge on any atom is -0.366 e. The largest absolute Gasteiger partial charge is 0.366 e.